The Morgan fingerprint density at radius 1 is 1.26 bits per heavy atom. The van der Waals surface area contributed by atoms with Crippen molar-refractivity contribution in [3.8, 4) is 0 Å². The molecule has 0 saturated carbocycles. The number of carbonyl (C=O) groups is 2. The lowest BCUT2D eigenvalue weighted by molar-refractivity contribution is -0.145. The summed E-state index contributed by atoms with van der Waals surface area (Å²) in [6, 6.07) is 4.70. The molecule has 4 nitrogen and oxygen atoms in total. The Hall–Kier alpha value is -1.76. The summed E-state index contributed by atoms with van der Waals surface area (Å²) in [6.45, 7) is 2.40. The van der Waals surface area contributed by atoms with Gasteiger partial charge in [-0.15, -0.1) is 11.6 Å². The fourth-order valence-corrected chi connectivity index (χ4v) is 2.47. The smallest absolute Gasteiger partial charge is 0.335 e. The van der Waals surface area contributed by atoms with Gasteiger partial charge in [0.15, 0.2) is 0 Å². The first-order chi connectivity index (χ1) is 10.7. The minimum absolute atomic E-state index is 0.0590. The van der Waals surface area contributed by atoms with Gasteiger partial charge in [0.2, 0.25) is 11.8 Å². The summed E-state index contributed by atoms with van der Waals surface area (Å²) in [7, 11) is 0. The molecule has 23 heavy (non-hydrogen) atoms. The van der Waals surface area contributed by atoms with Gasteiger partial charge < -0.3 is 9.80 Å². The second-order valence-electron chi connectivity index (χ2n) is 5.39. The van der Waals surface area contributed by atoms with Gasteiger partial charge in [-0.3, -0.25) is 9.59 Å². The standard InChI is InChI=1S/C15H16ClF3N2O2/c1-10(16)14(23)21-7-6-20(13(22)9-21)8-11-2-4-12(5-3-11)15(17,18)19/h2-5,10H,6-9H2,1H3. The molecule has 1 unspecified atom stereocenters. The van der Waals surface area contributed by atoms with Crippen molar-refractivity contribution in [2.24, 2.45) is 0 Å². The number of benzene rings is 1. The van der Waals surface area contributed by atoms with E-state index in [9.17, 15) is 22.8 Å². The van der Waals surface area contributed by atoms with Crippen LogP contribution >= 0.6 is 11.6 Å². The van der Waals surface area contributed by atoms with Gasteiger partial charge in [0.05, 0.1) is 12.1 Å². The van der Waals surface area contributed by atoms with Gasteiger partial charge in [0.1, 0.15) is 5.38 Å². The lowest BCUT2D eigenvalue weighted by Gasteiger charge is -2.35. The second-order valence-corrected chi connectivity index (χ2v) is 6.04. The summed E-state index contributed by atoms with van der Waals surface area (Å²) in [5.41, 5.74) is -0.115. The molecular weight excluding hydrogens is 333 g/mol. The Labute approximate surface area is 136 Å². The number of piperazine rings is 1. The highest BCUT2D eigenvalue weighted by molar-refractivity contribution is 6.30. The molecule has 1 fully saturated rings. The van der Waals surface area contributed by atoms with Crippen LogP contribution in [0.5, 0.6) is 0 Å². The van der Waals surface area contributed by atoms with Crippen LogP contribution in [0.25, 0.3) is 0 Å². The number of hydrogen-bond acceptors (Lipinski definition) is 2. The number of nitrogens with zero attached hydrogens (tertiary/aromatic N) is 2. The highest BCUT2D eigenvalue weighted by atomic mass is 35.5. The summed E-state index contributed by atoms with van der Waals surface area (Å²) in [5.74, 6) is -0.545. The Morgan fingerprint density at radius 2 is 1.87 bits per heavy atom. The second kappa shape index (κ2) is 6.78. The maximum absolute atomic E-state index is 12.5. The highest BCUT2D eigenvalue weighted by Crippen LogP contribution is 2.29. The number of hydrogen-bond donors (Lipinski definition) is 0. The first kappa shape index (κ1) is 17.6. The minimum atomic E-state index is -4.38. The normalized spacial score (nSPS) is 17.3. The maximum Gasteiger partial charge on any atom is 0.416 e. The minimum Gasteiger partial charge on any atom is -0.335 e. The molecular formula is C15H16ClF3N2O2. The molecule has 0 aromatic heterocycles. The SMILES string of the molecule is CC(Cl)C(=O)N1CCN(Cc2ccc(C(F)(F)F)cc2)C(=O)C1. The lowest BCUT2D eigenvalue weighted by atomic mass is 10.1. The zero-order valence-corrected chi connectivity index (χ0v) is 13.2. The molecule has 0 bridgehead atoms. The van der Waals surface area contributed by atoms with E-state index in [0.29, 0.717) is 18.7 Å². The molecule has 126 valence electrons. The monoisotopic (exact) mass is 348 g/mol. The van der Waals surface area contributed by atoms with Crippen LogP contribution in [0.3, 0.4) is 0 Å². The quantitative estimate of drug-likeness (QED) is 0.787. The molecule has 8 heteroatoms. The zero-order valence-electron chi connectivity index (χ0n) is 12.4. The van der Waals surface area contributed by atoms with Gasteiger partial charge in [-0.25, -0.2) is 0 Å². The molecule has 1 aromatic carbocycles. The van der Waals surface area contributed by atoms with E-state index in [1.165, 1.54) is 21.9 Å². The van der Waals surface area contributed by atoms with E-state index in [4.69, 9.17) is 11.6 Å². The largest absolute Gasteiger partial charge is 0.416 e. The van der Waals surface area contributed by atoms with Crippen LogP contribution in [0.15, 0.2) is 24.3 Å². The fourth-order valence-electron chi connectivity index (χ4n) is 2.33. The predicted molar refractivity (Wildman–Crippen MR) is 78.8 cm³/mol. The first-order valence-corrected chi connectivity index (χ1v) is 7.49. The molecule has 0 radical (unpaired) electrons. The third kappa shape index (κ3) is 4.37. The van der Waals surface area contributed by atoms with Crippen LogP contribution in [0.1, 0.15) is 18.1 Å². The average molecular weight is 349 g/mol. The molecule has 0 spiro atoms. The lowest BCUT2D eigenvalue weighted by Crippen LogP contribution is -2.53. The molecule has 1 aromatic rings. The highest BCUT2D eigenvalue weighted by Gasteiger charge is 2.31. The molecule has 1 atom stereocenters. The van der Waals surface area contributed by atoms with Gasteiger partial charge >= 0.3 is 6.18 Å². The number of carbonyl (C=O) groups excluding carboxylic acids is 2. The molecule has 1 aliphatic rings. The van der Waals surface area contributed by atoms with E-state index in [0.717, 1.165) is 12.1 Å². The third-order valence-corrected chi connectivity index (χ3v) is 3.81. The van der Waals surface area contributed by atoms with Crippen molar-refractivity contribution >= 4 is 23.4 Å². The van der Waals surface area contributed by atoms with Crippen molar-refractivity contribution in [2.75, 3.05) is 19.6 Å². The summed E-state index contributed by atoms with van der Waals surface area (Å²) in [5, 5.41) is -0.690. The van der Waals surface area contributed by atoms with E-state index in [1.54, 1.807) is 6.92 Å². The molecule has 2 amide bonds. The number of alkyl halides is 4. The van der Waals surface area contributed by atoms with Crippen LogP contribution in [0.2, 0.25) is 0 Å². The van der Waals surface area contributed by atoms with Crippen molar-refractivity contribution < 1.29 is 22.8 Å². The van der Waals surface area contributed by atoms with Gasteiger partial charge in [0, 0.05) is 19.6 Å². The van der Waals surface area contributed by atoms with Crippen LogP contribution in [-0.4, -0.2) is 46.6 Å². The van der Waals surface area contributed by atoms with Crippen molar-refractivity contribution in [1.29, 1.82) is 0 Å². The topological polar surface area (TPSA) is 40.6 Å². The molecule has 2 rings (SSSR count). The number of rotatable bonds is 3. The van der Waals surface area contributed by atoms with Crippen LogP contribution in [-0.2, 0) is 22.3 Å². The fraction of sp³-hybridized carbons (Fsp3) is 0.467. The van der Waals surface area contributed by atoms with Gasteiger partial charge in [-0.1, -0.05) is 12.1 Å². The Balaban J connectivity index is 1.97. The molecule has 1 aliphatic heterocycles. The van der Waals surface area contributed by atoms with Gasteiger partial charge in [-0.2, -0.15) is 13.2 Å². The summed E-state index contributed by atoms with van der Waals surface area (Å²) < 4.78 is 37.5. The van der Waals surface area contributed by atoms with Crippen LogP contribution in [0, 0.1) is 0 Å². The van der Waals surface area contributed by atoms with E-state index >= 15 is 0 Å². The molecule has 0 aliphatic carbocycles. The maximum atomic E-state index is 12.5. The summed E-state index contributed by atoms with van der Waals surface area (Å²) in [4.78, 5) is 26.7. The summed E-state index contributed by atoms with van der Waals surface area (Å²) in [6.07, 6.45) is -4.38. The van der Waals surface area contributed by atoms with E-state index in [-0.39, 0.29) is 24.9 Å². The predicted octanol–water partition coefficient (Wildman–Crippen LogP) is 2.50. The van der Waals surface area contributed by atoms with Crippen molar-refractivity contribution in [1.82, 2.24) is 9.80 Å². The Bertz CT molecular complexity index is 587. The van der Waals surface area contributed by atoms with E-state index in [1.807, 2.05) is 0 Å². The van der Waals surface area contributed by atoms with E-state index < -0.39 is 17.1 Å². The summed E-state index contributed by atoms with van der Waals surface area (Å²) >= 11 is 5.72. The third-order valence-electron chi connectivity index (χ3n) is 3.63. The Morgan fingerprint density at radius 3 is 2.35 bits per heavy atom. The van der Waals surface area contributed by atoms with Crippen molar-refractivity contribution in [2.45, 2.75) is 25.0 Å². The van der Waals surface area contributed by atoms with Gasteiger partial charge in [0.25, 0.3) is 0 Å². The van der Waals surface area contributed by atoms with Crippen LogP contribution in [0.4, 0.5) is 13.2 Å². The number of halogens is 4. The zero-order chi connectivity index (χ0) is 17.2. The molecule has 1 heterocycles. The van der Waals surface area contributed by atoms with E-state index in [2.05, 4.69) is 0 Å². The molecule has 0 N–H and O–H groups in total. The molecule has 1 saturated heterocycles. The number of amides is 2. The first-order valence-electron chi connectivity index (χ1n) is 7.05. The van der Waals surface area contributed by atoms with Crippen molar-refractivity contribution in [3.63, 3.8) is 0 Å². The average Bonchev–Trinajstić information content (AvgIpc) is 2.48. The van der Waals surface area contributed by atoms with Crippen molar-refractivity contribution in [3.05, 3.63) is 35.4 Å². The van der Waals surface area contributed by atoms with Gasteiger partial charge in [-0.05, 0) is 24.6 Å². The Kier molecular flexibility index (Phi) is 5.19. The van der Waals surface area contributed by atoms with Crippen LogP contribution < -0.4 is 0 Å².